The summed E-state index contributed by atoms with van der Waals surface area (Å²) in [6.45, 7) is 0.665. The molecule has 0 saturated heterocycles. The fourth-order valence-electron chi connectivity index (χ4n) is 7.77. The van der Waals surface area contributed by atoms with Gasteiger partial charge in [-0.1, -0.05) is 48.5 Å². The Bertz CT molecular complexity index is 2410. The number of benzene rings is 4. The molecule has 55 heavy (non-hydrogen) atoms. The third-order valence-corrected chi connectivity index (χ3v) is 10.5. The highest BCUT2D eigenvalue weighted by molar-refractivity contribution is 6.16. The van der Waals surface area contributed by atoms with Crippen LogP contribution in [0.25, 0.3) is 21.8 Å². The van der Waals surface area contributed by atoms with Gasteiger partial charge in [0, 0.05) is 69.2 Å². The van der Waals surface area contributed by atoms with Crippen LogP contribution in [-0.4, -0.2) is 52.1 Å². The molecule has 0 radical (unpaired) electrons. The zero-order chi connectivity index (χ0) is 36.8. The summed E-state index contributed by atoms with van der Waals surface area (Å²) in [6.07, 6.45) is 9.96. The first-order valence-corrected chi connectivity index (χ1v) is 17.8. The SMILES string of the molecule is Cl.O=C1NN=Cc2c[nH]c3cc(NC(=O)[C@@H]4CCc5ccccc5C4)cc1c23.O=C1NN=Cc2c[nH]c3cc(NC(=O)[C@H]4Cc5ccccc5CN4)cc1c23. The van der Waals surface area contributed by atoms with Crippen molar-refractivity contribution in [3.8, 4) is 0 Å². The van der Waals surface area contributed by atoms with Crippen LogP contribution >= 0.6 is 12.4 Å². The summed E-state index contributed by atoms with van der Waals surface area (Å²) >= 11 is 0. The molecule has 5 heterocycles. The van der Waals surface area contributed by atoms with E-state index in [1.54, 1.807) is 30.8 Å². The highest BCUT2D eigenvalue weighted by Crippen LogP contribution is 2.31. The number of hydrogen-bond donors (Lipinski definition) is 7. The lowest BCUT2D eigenvalue weighted by Crippen LogP contribution is -2.44. The van der Waals surface area contributed by atoms with Gasteiger partial charge in [-0.2, -0.15) is 10.2 Å². The molecule has 2 aromatic heterocycles. The third-order valence-electron chi connectivity index (χ3n) is 10.5. The number of carbonyl (C=O) groups excluding carboxylic acids is 4. The second-order valence-corrected chi connectivity index (χ2v) is 13.9. The molecule has 14 heteroatoms. The molecular formula is C41H36ClN9O4. The normalized spacial score (nSPS) is 17.6. The molecule has 0 saturated carbocycles. The smallest absolute Gasteiger partial charge is 0.272 e. The summed E-state index contributed by atoms with van der Waals surface area (Å²) in [5, 5.41) is 18.7. The maximum Gasteiger partial charge on any atom is 0.272 e. The Morgan fingerprint density at radius 1 is 0.655 bits per heavy atom. The molecule has 4 amide bonds. The van der Waals surface area contributed by atoms with Crippen molar-refractivity contribution in [1.29, 1.82) is 0 Å². The Morgan fingerprint density at radius 3 is 1.78 bits per heavy atom. The second kappa shape index (κ2) is 14.7. The number of aromatic amines is 2. The van der Waals surface area contributed by atoms with Crippen LogP contribution in [0.15, 0.2) is 95.4 Å². The Hall–Kier alpha value is -6.57. The van der Waals surface area contributed by atoms with Gasteiger partial charge in [-0.25, -0.2) is 10.9 Å². The van der Waals surface area contributed by atoms with Gasteiger partial charge < -0.3 is 25.9 Å². The Balaban J connectivity index is 0.000000153. The van der Waals surface area contributed by atoms with Crippen molar-refractivity contribution < 1.29 is 19.2 Å². The van der Waals surface area contributed by atoms with Gasteiger partial charge in [-0.05, 0) is 72.2 Å². The fraction of sp³-hybridized carbons (Fsp3) is 0.171. The van der Waals surface area contributed by atoms with Crippen molar-refractivity contribution in [2.24, 2.45) is 16.1 Å². The van der Waals surface area contributed by atoms with Gasteiger partial charge in [-0.15, -0.1) is 12.4 Å². The first kappa shape index (κ1) is 35.5. The van der Waals surface area contributed by atoms with Crippen LogP contribution in [0.4, 0.5) is 11.4 Å². The average Bonchev–Trinajstić information content (AvgIpc) is 3.71. The minimum atomic E-state index is -0.314. The molecule has 0 bridgehead atoms. The van der Waals surface area contributed by atoms with Crippen LogP contribution in [0.5, 0.6) is 0 Å². The predicted octanol–water partition coefficient (Wildman–Crippen LogP) is 5.31. The van der Waals surface area contributed by atoms with E-state index in [1.807, 2.05) is 42.6 Å². The van der Waals surface area contributed by atoms with E-state index in [0.717, 1.165) is 52.2 Å². The highest BCUT2D eigenvalue weighted by Gasteiger charge is 2.27. The lowest BCUT2D eigenvalue weighted by Gasteiger charge is -2.25. The molecule has 0 fully saturated rings. The van der Waals surface area contributed by atoms with Gasteiger partial charge >= 0.3 is 0 Å². The van der Waals surface area contributed by atoms with Gasteiger partial charge in [0.05, 0.1) is 29.6 Å². The Kier molecular flexibility index (Phi) is 9.47. The van der Waals surface area contributed by atoms with Gasteiger partial charge in [-0.3, -0.25) is 19.2 Å². The Labute approximate surface area is 320 Å². The van der Waals surface area contributed by atoms with Gasteiger partial charge in [0.1, 0.15) is 0 Å². The quantitative estimate of drug-likeness (QED) is 0.129. The monoisotopic (exact) mass is 753 g/mol. The standard InChI is InChI=1S/C21H18N4O2.C20H17N5O2.ClH/c26-20(14-6-5-12-3-1-2-4-13(12)7-14)24-16-8-17-19-15(10-22-18(19)9-16)11-23-25-21(17)27;26-19-15-6-14(7-16-18(15)13(9-21-16)10-23-25-19)24-20(27)17-5-11-3-1-2-4-12(11)8-22-17;/h1-4,8-11,14,22H,5-7H2,(H,24,26)(H,25,27);1-4,6-7,9-10,17,21-22H,5,8H2,(H,24,27)(H,25,26);1H/t14-;17-;/m11./s1. The summed E-state index contributed by atoms with van der Waals surface area (Å²) < 4.78 is 0. The number of hydrazone groups is 2. The number of fused-ring (bicyclic) bond motifs is 2. The number of rotatable bonds is 4. The lowest BCUT2D eigenvalue weighted by atomic mass is 9.83. The summed E-state index contributed by atoms with van der Waals surface area (Å²) in [5.41, 5.74) is 15.4. The first-order valence-electron chi connectivity index (χ1n) is 17.8. The number of carbonyl (C=O) groups is 4. The summed E-state index contributed by atoms with van der Waals surface area (Å²) in [7, 11) is 0. The minimum absolute atomic E-state index is 0. The largest absolute Gasteiger partial charge is 0.360 e. The summed E-state index contributed by atoms with van der Waals surface area (Å²) in [6, 6.07) is 23.2. The molecule has 4 aliphatic rings. The van der Waals surface area contributed by atoms with Crippen LogP contribution < -0.4 is 26.8 Å². The van der Waals surface area contributed by atoms with E-state index in [1.165, 1.54) is 22.3 Å². The van der Waals surface area contributed by atoms with Crippen molar-refractivity contribution in [3.05, 3.63) is 130 Å². The van der Waals surface area contributed by atoms with E-state index in [9.17, 15) is 19.2 Å². The van der Waals surface area contributed by atoms with Crippen LogP contribution in [0.1, 0.15) is 60.5 Å². The van der Waals surface area contributed by atoms with E-state index in [4.69, 9.17) is 0 Å². The molecule has 6 aromatic rings. The summed E-state index contributed by atoms with van der Waals surface area (Å²) in [5.74, 6) is -0.764. The zero-order valence-electron chi connectivity index (χ0n) is 29.4. The number of nitrogens with zero attached hydrogens (tertiary/aromatic N) is 2. The van der Waals surface area contributed by atoms with E-state index in [0.29, 0.717) is 35.5 Å². The van der Waals surface area contributed by atoms with Crippen molar-refractivity contribution >= 4 is 81.6 Å². The molecule has 2 atom stereocenters. The molecule has 13 nitrogen and oxygen atoms in total. The molecule has 0 spiro atoms. The van der Waals surface area contributed by atoms with Crippen LogP contribution in [-0.2, 0) is 35.4 Å². The van der Waals surface area contributed by atoms with Crippen molar-refractivity contribution in [2.45, 2.75) is 38.3 Å². The Morgan fingerprint density at radius 2 is 1.18 bits per heavy atom. The van der Waals surface area contributed by atoms with Crippen LogP contribution in [0.2, 0.25) is 0 Å². The zero-order valence-corrected chi connectivity index (χ0v) is 30.2. The highest BCUT2D eigenvalue weighted by atomic mass is 35.5. The number of halogens is 1. The number of H-pyrrole nitrogens is 2. The van der Waals surface area contributed by atoms with Crippen LogP contribution in [0.3, 0.4) is 0 Å². The topological polar surface area (TPSA) is 185 Å². The third kappa shape index (κ3) is 6.86. The minimum Gasteiger partial charge on any atom is -0.360 e. The van der Waals surface area contributed by atoms with Gasteiger partial charge in [0.2, 0.25) is 11.8 Å². The molecule has 0 unspecified atom stereocenters. The van der Waals surface area contributed by atoms with Crippen molar-refractivity contribution in [1.82, 2.24) is 26.1 Å². The van der Waals surface area contributed by atoms with E-state index in [2.05, 4.69) is 71.2 Å². The number of aryl methyl sites for hydroxylation is 1. The second-order valence-electron chi connectivity index (χ2n) is 13.9. The average molecular weight is 754 g/mol. The number of amides is 4. The molecular weight excluding hydrogens is 718 g/mol. The molecule has 1 aliphatic carbocycles. The van der Waals surface area contributed by atoms with Crippen LogP contribution in [0, 0.1) is 5.92 Å². The fourth-order valence-corrected chi connectivity index (χ4v) is 7.77. The van der Waals surface area contributed by atoms with E-state index >= 15 is 0 Å². The number of anilines is 2. The van der Waals surface area contributed by atoms with Gasteiger partial charge in [0.15, 0.2) is 0 Å². The molecule has 276 valence electrons. The number of nitrogens with one attached hydrogen (secondary N) is 7. The lowest BCUT2D eigenvalue weighted by molar-refractivity contribution is -0.120. The first-order chi connectivity index (χ1) is 26.4. The summed E-state index contributed by atoms with van der Waals surface area (Å²) in [4.78, 5) is 56.5. The number of hydrogen-bond acceptors (Lipinski definition) is 7. The van der Waals surface area contributed by atoms with E-state index < -0.39 is 0 Å². The molecule has 3 aliphatic heterocycles. The van der Waals surface area contributed by atoms with Crippen molar-refractivity contribution in [2.75, 3.05) is 10.6 Å². The predicted molar refractivity (Wildman–Crippen MR) is 214 cm³/mol. The maximum atomic E-state index is 12.8. The maximum absolute atomic E-state index is 12.8. The molecule has 10 rings (SSSR count). The number of aromatic nitrogens is 2. The van der Waals surface area contributed by atoms with Crippen molar-refractivity contribution in [3.63, 3.8) is 0 Å². The van der Waals surface area contributed by atoms with E-state index in [-0.39, 0.29) is 48.0 Å². The molecule has 7 N–H and O–H groups in total. The molecule has 4 aromatic carbocycles. The van der Waals surface area contributed by atoms with Gasteiger partial charge in [0.25, 0.3) is 11.8 Å².